The zero-order valence-corrected chi connectivity index (χ0v) is 14.1. The second-order valence-corrected chi connectivity index (χ2v) is 6.72. The van der Waals surface area contributed by atoms with Gasteiger partial charge in [0.15, 0.2) is 6.61 Å². The number of fused-ring (bicyclic) bond motifs is 1. The van der Waals surface area contributed by atoms with Gasteiger partial charge in [0.25, 0.3) is 5.91 Å². The van der Waals surface area contributed by atoms with E-state index in [1.165, 1.54) is 12.8 Å². The highest BCUT2D eigenvalue weighted by Gasteiger charge is 2.35. The molecule has 2 amide bonds. The quantitative estimate of drug-likeness (QED) is 0.901. The molecule has 0 radical (unpaired) electrons. The molecule has 2 N–H and O–H groups in total. The van der Waals surface area contributed by atoms with E-state index in [0.29, 0.717) is 17.4 Å². The van der Waals surface area contributed by atoms with Gasteiger partial charge in [0.1, 0.15) is 5.75 Å². The summed E-state index contributed by atoms with van der Waals surface area (Å²) in [7, 11) is 0. The molecule has 6 heteroatoms. The standard InChI is InChI=1S/C18H25N3O3/c1-13-10-20-8-3-2-6-15(20)11-21(13)17(22)12-24-16-7-4-5-14(9-16)18(19)23/h4-5,7,9,13,15H,2-3,6,8,10-12H2,1H3,(H2,19,23)/t13-,15-/m0/s1. The molecule has 2 atom stereocenters. The molecule has 2 heterocycles. The van der Waals surface area contributed by atoms with Gasteiger partial charge in [-0.3, -0.25) is 14.5 Å². The molecule has 0 bridgehead atoms. The molecule has 2 saturated heterocycles. The van der Waals surface area contributed by atoms with Gasteiger partial charge in [0.05, 0.1) is 0 Å². The van der Waals surface area contributed by atoms with Gasteiger partial charge >= 0.3 is 0 Å². The highest BCUT2D eigenvalue weighted by atomic mass is 16.5. The van der Waals surface area contributed by atoms with Gasteiger partial charge in [-0.05, 0) is 44.5 Å². The Morgan fingerprint density at radius 3 is 2.92 bits per heavy atom. The van der Waals surface area contributed by atoms with E-state index in [9.17, 15) is 9.59 Å². The van der Waals surface area contributed by atoms with Crippen LogP contribution in [0, 0.1) is 0 Å². The molecule has 6 nitrogen and oxygen atoms in total. The fraction of sp³-hybridized carbons (Fsp3) is 0.556. The zero-order chi connectivity index (χ0) is 17.1. The van der Waals surface area contributed by atoms with E-state index in [2.05, 4.69) is 11.8 Å². The predicted molar refractivity (Wildman–Crippen MR) is 90.8 cm³/mol. The van der Waals surface area contributed by atoms with E-state index >= 15 is 0 Å². The number of piperazine rings is 1. The van der Waals surface area contributed by atoms with Gasteiger partial charge in [-0.2, -0.15) is 0 Å². The summed E-state index contributed by atoms with van der Waals surface area (Å²) in [5.41, 5.74) is 5.64. The van der Waals surface area contributed by atoms with Crippen molar-refractivity contribution in [2.45, 2.75) is 38.3 Å². The van der Waals surface area contributed by atoms with E-state index in [4.69, 9.17) is 10.5 Å². The topological polar surface area (TPSA) is 75.9 Å². The Morgan fingerprint density at radius 1 is 1.29 bits per heavy atom. The Morgan fingerprint density at radius 2 is 2.12 bits per heavy atom. The smallest absolute Gasteiger partial charge is 0.260 e. The monoisotopic (exact) mass is 331 g/mol. The molecular weight excluding hydrogens is 306 g/mol. The molecule has 0 aromatic heterocycles. The lowest BCUT2D eigenvalue weighted by atomic mass is 9.97. The summed E-state index contributed by atoms with van der Waals surface area (Å²) >= 11 is 0. The number of hydrogen-bond donors (Lipinski definition) is 1. The molecule has 130 valence electrons. The first kappa shape index (κ1) is 16.8. The van der Waals surface area contributed by atoms with Crippen LogP contribution in [-0.4, -0.2) is 59.9 Å². The number of amides is 2. The molecule has 1 aromatic carbocycles. The van der Waals surface area contributed by atoms with Crippen molar-refractivity contribution in [2.75, 3.05) is 26.2 Å². The number of primary amides is 1. The molecule has 2 fully saturated rings. The van der Waals surface area contributed by atoms with E-state index in [1.807, 2.05) is 4.90 Å². The molecular formula is C18H25N3O3. The van der Waals surface area contributed by atoms with Crippen LogP contribution in [0.4, 0.5) is 0 Å². The van der Waals surface area contributed by atoms with Crippen LogP contribution in [0.25, 0.3) is 0 Å². The minimum absolute atomic E-state index is 0.00259. The maximum absolute atomic E-state index is 12.6. The molecule has 0 spiro atoms. The lowest BCUT2D eigenvalue weighted by molar-refractivity contribution is -0.140. The van der Waals surface area contributed by atoms with Crippen molar-refractivity contribution in [3.8, 4) is 5.75 Å². The Kier molecular flexibility index (Phi) is 5.04. The Balaban J connectivity index is 1.58. The number of rotatable bonds is 4. The van der Waals surface area contributed by atoms with Crippen molar-refractivity contribution in [2.24, 2.45) is 5.73 Å². The van der Waals surface area contributed by atoms with Crippen LogP contribution in [0.2, 0.25) is 0 Å². The third kappa shape index (κ3) is 3.70. The van der Waals surface area contributed by atoms with Crippen molar-refractivity contribution >= 4 is 11.8 Å². The minimum Gasteiger partial charge on any atom is -0.484 e. The fourth-order valence-electron chi connectivity index (χ4n) is 3.67. The Hall–Kier alpha value is -2.08. The maximum atomic E-state index is 12.6. The van der Waals surface area contributed by atoms with Crippen molar-refractivity contribution < 1.29 is 14.3 Å². The largest absolute Gasteiger partial charge is 0.484 e. The third-order valence-electron chi connectivity index (χ3n) is 4.99. The second-order valence-electron chi connectivity index (χ2n) is 6.72. The lowest BCUT2D eigenvalue weighted by Gasteiger charge is -2.47. The van der Waals surface area contributed by atoms with Gasteiger partial charge in [0.2, 0.25) is 5.91 Å². The third-order valence-corrected chi connectivity index (χ3v) is 4.99. The van der Waals surface area contributed by atoms with Crippen LogP contribution < -0.4 is 10.5 Å². The summed E-state index contributed by atoms with van der Waals surface area (Å²) in [5.74, 6) is -0.0189. The first-order chi connectivity index (χ1) is 11.5. The normalized spacial score (nSPS) is 24.3. The number of carbonyl (C=O) groups excluding carboxylic acids is 2. The number of carbonyl (C=O) groups is 2. The number of benzene rings is 1. The summed E-state index contributed by atoms with van der Waals surface area (Å²) in [6.45, 7) is 4.95. The molecule has 2 aliphatic rings. The van der Waals surface area contributed by atoms with Gasteiger partial charge < -0.3 is 15.4 Å². The van der Waals surface area contributed by atoms with Crippen LogP contribution >= 0.6 is 0 Å². The number of nitrogens with zero attached hydrogens (tertiary/aromatic N) is 2. The summed E-state index contributed by atoms with van der Waals surface area (Å²) in [5, 5.41) is 0. The summed E-state index contributed by atoms with van der Waals surface area (Å²) < 4.78 is 5.58. The molecule has 2 aliphatic heterocycles. The first-order valence-electron chi connectivity index (χ1n) is 8.61. The lowest BCUT2D eigenvalue weighted by Crippen LogP contribution is -2.60. The van der Waals surface area contributed by atoms with Crippen molar-refractivity contribution in [3.05, 3.63) is 29.8 Å². The number of hydrogen-bond acceptors (Lipinski definition) is 4. The van der Waals surface area contributed by atoms with Crippen molar-refractivity contribution in [1.82, 2.24) is 9.80 Å². The number of piperidine rings is 1. The molecule has 0 unspecified atom stereocenters. The van der Waals surface area contributed by atoms with Gasteiger partial charge in [0, 0.05) is 30.7 Å². The van der Waals surface area contributed by atoms with E-state index in [0.717, 1.165) is 26.1 Å². The summed E-state index contributed by atoms with van der Waals surface area (Å²) in [4.78, 5) is 28.2. The molecule has 1 aromatic rings. The predicted octanol–water partition coefficient (Wildman–Crippen LogP) is 1.25. The minimum atomic E-state index is -0.506. The van der Waals surface area contributed by atoms with Crippen LogP contribution in [0.15, 0.2) is 24.3 Å². The number of ether oxygens (including phenoxy) is 1. The Labute approximate surface area is 142 Å². The number of nitrogens with two attached hydrogens (primary N) is 1. The highest BCUT2D eigenvalue weighted by Crippen LogP contribution is 2.24. The van der Waals surface area contributed by atoms with E-state index in [1.54, 1.807) is 24.3 Å². The summed E-state index contributed by atoms with van der Waals surface area (Å²) in [6, 6.07) is 7.30. The van der Waals surface area contributed by atoms with E-state index in [-0.39, 0.29) is 18.6 Å². The molecule has 3 rings (SSSR count). The van der Waals surface area contributed by atoms with Crippen molar-refractivity contribution in [3.63, 3.8) is 0 Å². The zero-order valence-electron chi connectivity index (χ0n) is 14.1. The van der Waals surface area contributed by atoms with E-state index < -0.39 is 5.91 Å². The average molecular weight is 331 g/mol. The Bertz CT molecular complexity index is 619. The van der Waals surface area contributed by atoms with Crippen molar-refractivity contribution in [1.29, 1.82) is 0 Å². The maximum Gasteiger partial charge on any atom is 0.260 e. The van der Waals surface area contributed by atoms with Crippen LogP contribution in [0.1, 0.15) is 36.5 Å². The van der Waals surface area contributed by atoms with Gasteiger partial charge in [-0.25, -0.2) is 0 Å². The highest BCUT2D eigenvalue weighted by molar-refractivity contribution is 5.93. The first-order valence-corrected chi connectivity index (χ1v) is 8.61. The van der Waals surface area contributed by atoms with Crippen LogP contribution in [0.3, 0.4) is 0 Å². The SMILES string of the molecule is C[C@H]1CN2CCCC[C@H]2CN1C(=O)COc1cccc(C(N)=O)c1. The summed E-state index contributed by atoms with van der Waals surface area (Å²) in [6.07, 6.45) is 3.67. The second kappa shape index (κ2) is 7.21. The molecule has 0 aliphatic carbocycles. The molecule has 0 saturated carbocycles. The van der Waals surface area contributed by atoms with Gasteiger partial charge in [-0.1, -0.05) is 12.5 Å². The van der Waals surface area contributed by atoms with Crippen LogP contribution in [-0.2, 0) is 4.79 Å². The fourth-order valence-corrected chi connectivity index (χ4v) is 3.67. The average Bonchev–Trinajstić information content (AvgIpc) is 2.59. The van der Waals surface area contributed by atoms with Crippen LogP contribution in [0.5, 0.6) is 5.75 Å². The molecule has 24 heavy (non-hydrogen) atoms. The van der Waals surface area contributed by atoms with Gasteiger partial charge in [-0.15, -0.1) is 0 Å².